The molecule has 0 aliphatic rings. The second-order valence-electron chi connectivity index (χ2n) is 5.11. The lowest BCUT2D eigenvalue weighted by molar-refractivity contribution is -0.137. The van der Waals surface area contributed by atoms with Crippen molar-refractivity contribution < 1.29 is 14.3 Å². The Hall–Kier alpha value is -2.10. The van der Waals surface area contributed by atoms with Gasteiger partial charge in [0.25, 0.3) is 5.78 Å². The number of esters is 1. The highest BCUT2D eigenvalue weighted by Crippen LogP contribution is 2.25. The number of ether oxygens (including phenoxy) is 1. The second-order valence-corrected chi connectivity index (χ2v) is 5.11. The number of hydrogen-bond acceptors (Lipinski definition) is 3. The summed E-state index contributed by atoms with van der Waals surface area (Å²) in [5, 5.41) is 0.964. The van der Waals surface area contributed by atoms with Crippen LogP contribution in [0.25, 0.3) is 10.9 Å². The van der Waals surface area contributed by atoms with Crippen LogP contribution >= 0.6 is 0 Å². The molecule has 4 heteroatoms. The molecule has 2 aromatic rings. The number of hydrogen-bond donors (Lipinski definition) is 0. The van der Waals surface area contributed by atoms with Crippen LogP contribution in [0.15, 0.2) is 24.3 Å². The van der Waals surface area contributed by atoms with Crippen LogP contribution in [-0.2, 0) is 9.53 Å². The van der Waals surface area contributed by atoms with E-state index in [4.69, 9.17) is 4.74 Å². The number of benzene rings is 1. The van der Waals surface area contributed by atoms with Crippen LogP contribution in [-0.4, -0.2) is 22.9 Å². The minimum atomic E-state index is -0.797. The molecule has 106 valence electrons. The van der Waals surface area contributed by atoms with E-state index in [-0.39, 0.29) is 12.6 Å². The summed E-state index contributed by atoms with van der Waals surface area (Å²) in [6, 6.07) is 7.84. The first-order valence-electron chi connectivity index (χ1n) is 6.78. The minimum Gasteiger partial charge on any atom is -0.460 e. The van der Waals surface area contributed by atoms with Gasteiger partial charge in [-0.1, -0.05) is 11.6 Å². The maximum Gasteiger partial charge on any atom is 0.381 e. The molecular weight excluding hydrogens is 254 g/mol. The van der Waals surface area contributed by atoms with Gasteiger partial charge in [-0.3, -0.25) is 4.79 Å². The monoisotopic (exact) mass is 273 g/mol. The molecule has 2 rings (SSSR count). The highest BCUT2D eigenvalue weighted by Gasteiger charge is 2.24. The third kappa shape index (κ3) is 2.46. The SMILES string of the molecule is CCOC(=O)C(=O)c1cc2cc(C)ccc2n1C(C)C. The summed E-state index contributed by atoms with van der Waals surface area (Å²) in [4.78, 5) is 23.9. The van der Waals surface area contributed by atoms with Gasteiger partial charge in [0.1, 0.15) is 0 Å². The van der Waals surface area contributed by atoms with E-state index in [1.165, 1.54) is 0 Å². The van der Waals surface area contributed by atoms with E-state index in [0.717, 1.165) is 16.5 Å². The summed E-state index contributed by atoms with van der Waals surface area (Å²) in [6.45, 7) is 7.86. The molecule has 0 fully saturated rings. The number of aromatic nitrogens is 1. The van der Waals surface area contributed by atoms with Crippen molar-refractivity contribution >= 4 is 22.7 Å². The van der Waals surface area contributed by atoms with Gasteiger partial charge in [-0.25, -0.2) is 4.79 Å². The Morgan fingerprint density at radius 1 is 1.25 bits per heavy atom. The Morgan fingerprint density at radius 2 is 1.95 bits per heavy atom. The topological polar surface area (TPSA) is 48.3 Å². The molecule has 0 radical (unpaired) electrons. The Balaban J connectivity index is 2.60. The smallest absolute Gasteiger partial charge is 0.381 e. The number of nitrogens with zero attached hydrogens (tertiary/aromatic N) is 1. The summed E-state index contributed by atoms with van der Waals surface area (Å²) >= 11 is 0. The fourth-order valence-electron chi connectivity index (χ4n) is 2.39. The fraction of sp³-hybridized carbons (Fsp3) is 0.375. The van der Waals surface area contributed by atoms with Crippen molar-refractivity contribution in [2.45, 2.75) is 33.7 Å². The highest BCUT2D eigenvalue weighted by molar-refractivity contribution is 6.40. The predicted octanol–water partition coefficient (Wildman–Crippen LogP) is 3.28. The predicted molar refractivity (Wildman–Crippen MR) is 78.0 cm³/mol. The fourth-order valence-corrected chi connectivity index (χ4v) is 2.39. The molecule has 1 aromatic carbocycles. The van der Waals surface area contributed by atoms with Crippen molar-refractivity contribution in [1.82, 2.24) is 4.57 Å². The quantitative estimate of drug-likeness (QED) is 0.488. The zero-order valence-electron chi connectivity index (χ0n) is 12.3. The molecule has 0 N–H and O–H groups in total. The average molecular weight is 273 g/mol. The van der Waals surface area contributed by atoms with E-state index in [9.17, 15) is 9.59 Å². The zero-order valence-corrected chi connectivity index (χ0v) is 12.3. The first kappa shape index (κ1) is 14.3. The van der Waals surface area contributed by atoms with Crippen LogP contribution in [0.5, 0.6) is 0 Å². The van der Waals surface area contributed by atoms with Crippen molar-refractivity contribution in [3.63, 3.8) is 0 Å². The minimum absolute atomic E-state index is 0.0867. The van der Waals surface area contributed by atoms with E-state index in [1.807, 2.05) is 43.5 Å². The van der Waals surface area contributed by atoms with Crippen molar-refractivity contribution in [2.24, 2.45) is 0 Å². The zero-order chi connectivity index (χ0) is 14.9. The van der Waals surface area contributed by atoms with Crippen LogP contribution in [0.3, 0.4) is 0 Å². The van der Waals surface area contributed by atoms with Gasteiger partial charge < -0.3 is 9.30 Å². The molecule has 1 aromatic heterocycles. The molecule has 0 spiro atoms. The third-order valence-corrected chi connectivity index (χ3v) is 3.20. The van der Waals surface area contributed by atoms with Crippen LogP contribution < -0.4 is 0 Å². The number of carbonyl (C=O) groups excluding carboxylic acids is 2. The van der Waals surface area contributed by atoms with Gasteiger partial charge in [-0.05, 0) is 45.9 Å². The van der Waals surface area contributed by atoms with E-state index in [1.54, 1.807) is 13.0 Å². The Kier molecular flexibility index (Phi) is 3.93. The Bertz CT molecular complexity index is 668. The highest BCUT2D eigenvalue weighted by atomic mass is 16.5. The molecular formula is C16H19NO3. The second kappa shape index (κ2) is 5.49. The molecule has 0 aliphatic heterocycles. The normalized spacial score (nSPS) is 11.1. The molecule has 1 heterocycles. The Labute approximate surface area is 118 Å². The Morgan fingerprint density at radius 3 is 2.55 bits per heavy atom. The molecule has 0 saturated carbocycles. The number of ketones is 1. The van der Waals surface area contributed by atoms with Crippen molar-refractivity contribution in [3.8, 4) is 0 Å². The molecule has 0 atom stereocenters. The van der Waals surface area contributed by atoms with Crippen molar-refractivity contribution in [2.75, 3.05) is 6.61 Å². The van der Waals surface area contributed by atoms with Gasteiger partial charge in [0.15, 0.2) is 0 Å². The number of Topliss-reactive ketones (excluding diaryl/α,β-unsaturated/α-hetero) is 1. The van der Waals surface area contributed by atoms with Crippen LogP contribution in [0.2, 0.25) is 0 Å². The number of carbonyl (C=O) groups is 2. The van der Waals surface area contributed by atoms with Crippen LogP contribution in [0.4, 0.5) is 0 Å². The molecule has 0 unspecified atom stereocenters. The van der Waals surface area contributed by atoms with Gasteiger partial charge in [-0.2, -0.15) is 0 Å². The molecule has 4 nitrogen and oxygen atoms in total. The summed E-state index contributed by atoms with van der Waals surface area (Å²) in [6.07, 6.45) is 0. The van der Waals surface area contributed by atoms with E-state index in [0.29, 0.717) is 5.69 Å². The number of aryl methyl sites for hydroxylation is 1. The first-order chi connectivity index (χ1) is 9.45. The van der Waals surface area contributed by atoms with Gasteiger partial charge in [0.2, 0.25) is 0 Å². The van der Waals surface area contributed by atoms with Gasteiger partial charge >= 0.3 is 5.97 Å². The first-order valence-corrected chi connectivity index (χ1v) is 6.78. The van der Waals surface area contributed by atoms with Crippen LogP contribution in [0.1, 0.15) is 42.9 Å². The van der Waals surface area contributed by atoms with Gasteiger partial charge in [-0.15, -0.1) is 0 Å². The lowest BCUT2D eigenvalue weighted by atomic mass is 10.2. The van der Waals surface area contributed by atoms with E-state index < -0.39 is 11.8 Å². The number of fused-ring (bicyclic) bond motifs is 1. The summed E-state index contributed by atoms with van der Waals surface area (Å²) in [5.41, 5.74) is 2.46. The van der Waals surface area contributed by atoms with Crippen molar-refractivity contribution in [3.05, 3.63) is 35.5 Å². The maximum absolute atomic E-state index is 12.2. The molecule has 0 aliphatic carbocycles. The summed E-state index contributed by atoms with van der Waals surface area (Å²) < 4.78 is 6.69. The molecule has 0 bridgehead atoms. The van der Waals surface area contributed by atoms with Crippen molar-refractivity contribution in [1.29, 1.82) is 0 Å². The largest absolute Gasteiger partial charge is 0.460 e. The van der Waals surface area contributed by atoms with Crippen LogP contribution in [0, 0.1) is 6.92 Å². The van der Waals surface area contributed by atoms with E-state index in [2.05, 4.69) is 0 Å². The summed E-state index contributed by atoms with van der Waals surface area (Å²) in [5.74, 6) is -1.39. The van der Waals surface area contributed by atoms with Gasteiger partial charge in [0, 0.05) is 16.9 Å². The third-order valence-electron chi connectivity index (χ3n) is 3.20. The molecule has 0 amide bonds. The average Bonchev–Trinajstić information content (AvgIpc) is 2.76. The van der Waals surface area contributed by atoms with E-state index >= 15 is 0 Å². The molecule has 20 heavy (non-hydrogen) atoms. The molecule has 0 saturated heterocycles. The van der Waals surface area contributed by atoms with Gasteiger partial charge in [0.05, 0.1) is 12.3 Å². The summed E-state index contributed by atoms with van der Waals surface area (Å²) in [7, 11) is 0. The lowest BCUT2D eigenvalue weighted by Gasteiger charge is -2.13. The lowest BCUT2D eigenvalue weighted by Crippen LogP contribution is -2.21. The standard InChI is InChI=1S/C16H19NO3/c1-5-20-16(19)15(18)14-9-12-8-11(4)6-7-13(12)17(14)10(2)3/h6-10H,5H2,1-4H3. The number of rotatable bonds is 4. The maximum atomic E-state index is 12.2.